The van der Waals surface area contributed by atoms with Gasteiger partial charge in [0.15, 0.2) is 0 Å². The molecule has 0 aromatic carbocycles. The molecule has 0 aromatic heterocycles. The topological polar surface area (TPSA) is 108 Å². The molecule has 0 radical (unpaired) electrons. The van der Waals surface area contributed by atoms with Gasteiger partial charge in [-0.05, 0) is 111 Å². The first-order valence-electron chi connectivity index (χ1n) is 26.4. The average molecular weight is 902 g/mol. The van der Waals surface area contributed by atoms with Gasteiger partial charge in [0.1, 0.15) is 31.8 Å². The number of rotatable bonds is 47. The number of nitrogens with zero attached hydrogens (tertiary/aromatic N) is 1. The second-order valence-electron chi connectivity index (χ2n) is 18.5. The smallest absolute Gasteiger partial charge is 0.305 e. The third-order valence-electron chi connectivity index (χ3n) is 11.6. The summed E-state index contributed by atoms with van der Waals surface area (Å²) in [5.41, 5.74) is -1.23. The molecule has 0 aliphatic carbocycles. The Kier molecular flexibility index (Phi) is 44.4. The molecular formula is C55H99NO8. The van der Waals surface area contributed by atoms with Crippen molar-refractivity contribution in [2.75, 3.05) is 47.1 Å². The van der Waals surface area contributed by atoms with Crippen molar-refractivity contribution in [2.45, 2.75) is 239 Å². The summed E-state index contributed by atoms with van der Waals surface area (Å²) in [7, 11) is 3.90. The number of unbranched alkanes of at least 4 members (excludes halogenated alkanes) is 23. The van der Waals surface area contributed by atoms with E-state index in [4.69, 9.17) is 18.9 Å². The summed E-state index contributed by atoms with van der Waals surface area (Å²) in [6.07, 6.45) is 47.2. The van der Waals surface area contributed by atoms with E-state index in [-0.39, 0.29) is 70.0 Å². The Morgan fingerprint density at radius 3 is 0.891 bits per heavy atom. The van der Waals surface area contributed by atoms with Gasteiger partial charge in [-0.3, -0.25) is 19.2 Å². The van der Waals surface area contributed by atoms with Crippen LogP contribution in [0.4, 0.5) is 0 Å². The van der Waals surface area contributed by atoms with E-state index in [0.29, 0.717) is 19.3 Å². The molecule has 0 aliphatic heterocycles. The maximum atomic E-state index is 13.1. The lowest BCUT2D eigenvalue weighted by Crippen LogP contribution is -2.44. The summed E-state index contributed by atoms with van der Waals surface area (Å²) in [6.45, 7) is 6.61. The minimum absolute atomic E-state index is 0.193. The first-order valence-corrected chi connectivity index (χ1v) is 26.4. The van der Waals surface area contributed by atoms with Crippen LogP contribution in [-0.4, -0.2) is 75.8 Å². The Hall–Kier alpha value is -2.94. The van der Waals surface area contributed by atoms with Gasteiger partial charge >= 0.3 is 23.9 Å². The number of hydrogen-bond donors (Lipinski definition) is 0. The third kappa shape index (κ3) is 43.0. The maximum Gasteiger partial charge on any atom is 0.305 e. The van der Waals surface area contributed by atoms with Gasteiger partial charge in [0.05, 0.1) is 0 Å². The predicted octanol–water partition coefficient (Wildman–Crippen LogP) is 14.7. The molecule has 372 valence electrons. The van der Waals surface area contributed by atoms with E-state index in [1.807, 2.05) is 19.0 Å². The van der Waals surface area contributed by atoms with E-state index in [1.165, 1.54) is 57.8 Å². The standard InChI is InChI=1S/C55H99NO8/c1-6-9-12-15-18-21-24-25-28-31-34-37-40-44-53(59)63-49-55(50-64-54(60)45-41-46-56(4)5,47-61-51(57)42-38-35-32-29-26-22-19-16-13-10-7-2)48-62-52(58)43-39-36-33-30-27-23-20-17-14-11-8-3/h16-17,19-21,24H,6-15,18,22-23,25-50H2,1-5H3/b19-16-,20-17-,24-21-. The van der Waals surface area contributed by atoms with Crippen molar-refractivity contribution in [3.05, 3.63) is 36.5 Å². The molecule has 0 saturated carbocycles. The van der Waals surface area contributed by atoms with E-state index in [1.54, 1.807) is 0 Å². The van der Waals surface area contributed by atoms with Crippen LogP contribution in [0.25, 0.3) is 0 Å². The van der Waals surface area contributed by atoms with Crippen LogP contribution in [0.3, 0.4) is 0 Å². The highest BCUT2D eigenvalue weighted by Crippen LogP contribution is 2.24. The maximum absolute atomic E-state index is 13.1. The normalized spacial score (nSPS) is 12.0. The zero-order chi connectivity index (χ0) is 47.0. The molecule has 0 unspecified atom stereocenters. The first-order chi connectivity index (χ1) is 31.2. The van der Waals surface area contributed by atoms with Crippen molar-refractivity contribution in [1.29, 1.82) is 0 Å². The Labute approximate surface area is 393 Å². The zero-order valence-corrected chi connectivity index (χ0v) is 42.3. The molecule has 0 fully saturated rings. The Bertz CT molecular complexity index is 1150. The summed E-state index contributed by atoms with van der Waals surface area (Å²) in [5.74, 6) is -1.49. The lowest BCUT2D eigenvalue weighted by atomic mass is 9.92. The number of ether oxygens (including phenoxy) is 4. The summed E-state index contributed by atoms with van der Waals surface area (Å²) in [5, 5.41) is 0. The van der Waals surface area contributed by atoms with Crippen molar-refractivity contribution < 1.29 is 38.1 Å². The van der Waals surface area contributed by atoms with E-state index in [2.05, 4.69) is 57.2 Å². The van der Waals surface area contributed by atoms with Gasteiger partial charge in [0.2, 0.25) is 0 Å². The average Bonchev–Trinajstić information content (AvgIpc) is 3.28. The molecule has 0 aliphatic rings. The highest BCUT2D eigenvalue weighted by atomic mass is 16.6. The highest BCUT2D eigenvalue weighted by molar-refractivity contribution is 5.71. The van der Waals surface area contributed by atoms with Gasteiger partial charge < -0.3 is 23.8 Å². The van der Waals surface area contributed by atoms with E-state index < -0.39 is 11.4 Å². The van der Waals surface area contributed by atoms with Crippen LogP contribution in [0.1, 0.15) is 239 Å². The second-order valence-corrected chi connectivity index (χ2v) is 18.5. The summed E-state index contributed by atoms with van der Waals surface area (Å²) in [4.78, 5) is 54.2. The number of allylic oxidation sites excluding steroid dienone is 6. The van der Waals surface area contributed by atoms with E-state index in [9.17, 15) is 19.2 Å². The van der Waals surface area contributed by atoms with E-state index in [0.717, 1.165) is 122 Å². The van der Waals surface area contributed by atoms with Crippen LogP contribution in [0.15, 0.2) is 36.5 Å². The second kappa shape index (κ2) is 46.6. The van der Waals surface area contributed by atoms with Crippen LogP contribution in [0.2, 0.25) is 0 Å². The van der Waals surface area contributed by atoms with Gasteiger partial charge in [-0.25, -0.2) is 0 Å². The quantitative estimate of drug-likeness (QED) is 0.0255. The van der Waals surface area contributed by atoms with Crippen LogP contribution in [0.5, 0.6) is 0 Å². The highest BCUT2D eigenvalue weighted by Gasteiger charge is 2.38. The molecule has 0 heterocycles. The number of esters is 4. The summed E-state index contributed by atoms with van der Waals surface area (Å²) < 4.78 is 23.3. The van der Waals surface area contributed by atoms with Crippen LogP contribution in [0, 0.1) is 5.41 Å². The minimum atomic E-state index is -1.23. The molecule has 0 rings (SSSR count). The molecule has 0 bridgehead atoms. The first kappa shape index (κ1) is 61.1. The van der Waals surface area contributed by atoms with E-state index >= 15 is 0 Å². The largest absolute Gasteiger partial charge is 0.465 e. The Balaban J connectivity index is 5.37. The summed E-state index contributed by atoms with van der Waals surface area (Å²) in [6, 6.07) is 0. The van der Waals surface area contributed by atoms with Crippen LogP contribution < -0.4 is 0 Å². The SMILES string of the molecule is CCCC/C=C\CCCCCCCC(=O)OCC(COC(=O)CCCCCCC/C=C\CCCC)(COC(=O)CCCCCCC/C=C\CCCCCC)COC(=O)CCCN(C)C. The lowest BCUT2D eigenvalue weighted by molar-refractivity contribution is -0.170. The third-order valence-corrected chi connectivity index (χ3v) is 11.6. The number of carbonyl (C=O) groups excluding carboxylic acids is 4. The molecule has 0 saturated heterocycles. The van der Waals surface area contributed by atoms with Gasteiger partial charge in [-0.2, -0.15) is 0 Å². The van der Waals surface area contributed by atoms with Gasteiger partial charge in [-0.1, -0.05) is 160 Å². The fraction of sp³-hybridized carbons (Fsp3) is 0.818. The molecule has 9 nitrogen and oxygen atoms in total. The fourth-order valence-corrected chi connectivity index (χ4v) is 7.24. The molecule has 0 amide bonds. The van der Waals surface area contributed by atoms with Crippen molar-refractivity contribution in [2.24, 2.45) is 5.41 Å². The molecule has 9 heteroatoms. The molecule has 0 N–H and O–H groups in total. The Morgan fingerprint density at radius 2 is 0.594 bits per heavy atom. The van der Waals surface area contributed by atoms with Crippen LogP contribution in [-0.2, 0) is 38.1 Å². The monoisotopic (exact) mass is 902 g/mol. The molecular weight excluding hydrogens is 803 g/mol. The zero-order valence-electron chi connectivity index (χ0n) is 42.3. The molecule has 0 atom stereocenters. The van der Waals surface area contributed by atoms with Gasteiger partial charge in [0.25, 0.3) is 0 Å². The minimum Gasteiger partial charge on any atom is -0.465 e. The van der Waals surface area contributed by atoms with Crippen molar-refractivity contribution >= 4 is 23.9 Å². The van der Waals surface area contributed by atoms with Crippen molar-refractivity contribution in [3.63, 3.8) is 0 Å². The summed E-state index contributed by atoms with van der Waals surface area (Å²) >= 11 is 0. The predicted molar refractivity (Wildman–Crippen MR) is 266 cm³/mol. The fourth-order valence-electron chi connectivity index (χ4n) is 7.24. The molecule has 0 spiro atoms. The molecule has 0 aromatic rings. The number of carbonyl (C=O) groups is 4. The molecule has 64 heavy (non-hydrogen) atoms. The van der Waals surface area contributed by atoms with Crippen molar-refractivity contribution in [3.8, 4) is 0 Å². The van der Waals surface area contributed by atoms with Crippen LogP contribution >= 0.6 is 0 Å². The lowest BCUT2D eigenvalue weighted by Gasteiger charge is -2.31. The van der Waals surface area contributed by atoms with Crippen molar-refractivity contribution in [1.82, 2.24) is 4.90 Å². The van der Waals surface area contributed by atoms with Gasteiger partial charge in [-0.15, -0.1) is 0 Å². The number of hydrogen-bond acceptors (Lipinski definition) is 9. The Morgan fingerprint density at radius 1 is 0.344 bits per heavy atom. The van der Waals surface area contributed by atoms with Gasteiger partial charge in [0, 0.05) is 25.7 Å².